The second kappa shape index (κ2) is 7.72. The predicted octanol–water partition coefficient (Wildman–Crippen LogP) is 1.60. The molecule has 0 radical (unpaired) electrons. The Morgan fingerprint density at radius 2 is 1.96 bits per heavy atom. The van der Waals surface area contributed by atoms with Crippen LogP contribution < -0.4 is 0 Å². The van der Waals surface area contributed by atoms with Crippen LogP contribution in [0.1, 0.15) is 18.4 Å². The monoisotopic (exact) mass is 364 g/mol. The molecule has 3 rings (SSSR count). The third-order valence-corrected chi connectivity index (χ3v) is 5.56. The van der Waals surface area contributed by atoms with E-state index >= 15 is 0 Å². The summed E-state index contributed by atoms with van der Waals surface area (Å²) in [6, 6.07) is 6.20. The Bertz CT molecular complexity index is 658. The first-order valence-electron chi connectivity index (χ1n) is 8.91. The number of hydrogen-bond acceptors (Lipinski definition) is 4. The number of nitrogens with zero attached hydrogens (tertiary/aromatic N) is 2. The Morgan fingerprint density at radius 1 is 1.31 bits per heavy atom. The standard InChI is InChI=1S/C19H25FN2O4/c1-21(10-14-2-4-15(20)5-3-14)12-17(23)22-11-16(18(24)25)19(13-22)6-8-26-9-7-19/h2-5,16H,6-13H2,1H3,(H,24,25). The molecule has 2 saturated heterocycles. The second-order valence-corrected chi connectivity index (χ2v) is 7.44. The summed E-state index contributed by atoms with van der Waals surface area (Å²) in [5.41, 5.74) is 0.558. The lowest BCUT2D eigenvalue weighted by Gasteiger charge is -2.36. The first-order chi connectivity index (χ1) is 12.4. The Kier molecular flexibility index (Phi) is 5.58. The normalized spacial score (nSPS) is 22.1. The fourth-order valence-corrected chi connectivity index (χ4v) is 4.07. The molecule has 1 amide bonds. The van der Waals surface area contributed by atoms with Crippen molar-refractivity contribution < 1.29 is 23.8 Å². The highest BCUT2D eigenvalue weighted by Crippen LogP contribution is 2.44. The van der Waals surface area contributed by atoms with Crippen LogP contribution in [0.15, 0.2) is 24.3 Å². The predicted molar refractivity (Wildman–Crippen MR) is 92.9 cm³/mol. The number of aliphatic carboxylic acids is 1. The zero-order valence-electron chi connectivity index (χ0n) is 15.0. The summed E-state index contributed by atoms with van der Waals surface area (Å²) in [7, 11) is 1.83. The molecule has 1 aromatic carbocycles. The first kappa shape index (κ1) is 18.8. The second-order valence-electron chi connectivity index (χ2n) is 7.44. The molecular formula is C19H25FN2O4. The molecule has 2 aliphatic rings. The van der Waals surface area contributed by atoms with Gasteiger partial charge in [0.25, 0.3) is 0 Å². The van der Waals surface area contributed by atoms with Crippen LogP contribution in [0.3, 0.4) is 0 Å². The van der Waals surface area contributed by atoms with E-state index in [0.717, 1.165) is 5.56 Å². The minimum Gasteiger partial charge on any atom is -0.481 e. The van der Waals surface area contributed by atoms with Crippen LogP contribution in [0.5, 0.6) is 0 Å². The number of carbonyl (C=O) groups excluding carboxylic acids is 1. The van der Waals surface area contributed by atoms with E-state index < -0.39 is 11.9 Å². The van der Waals surface area contributed by atoms with Crippen LogP contribution in [0.25, 0.3) is 0 Å². The molecule has 1 spiro atoms. The van der Waals surface area contributed by atoms with Crippen molar-refractivity contribution in [1.29, 1.82) is 0 Å². The Morgan fingerprint density at radius 3 is 2.58 bits per heavy atom. The third kappa shape index (κ3) is 4.04. The van der Waals surface area contributed by atoms with Gasteiger partial charge >= 0.3 is 5.97 Å². The number of ether oxygens (including phenoxy) is 1. The van der Waals surface area contributed by atoms with Gasteiger partial charge in [-0.15, -0.1) is 0 Å². The molecule has 6 nitrogen and oxygen atoms in total. The number of carboxylic acids is 1. The van der Waals surface area contributed by atoms with Gasteiger partial charge in [0.1, 0.15) is 5.82 Å². The largest absolute Gasteiger partial charge is 0.481 e. The molecule has 1 unspecified atom stereocenters. The molecule has 2 fully saturated rings. The van der Waals surface area contributed by atoms with E-state index in [9.17, 15) is 19.1 Å². The van der Waals surface area contributed by atoms with Crippen LogP contribution in [0, 0.1) is 17.2 Å². The highest BCUT2D eigenvalue weighted by atomic mass is 19.1. The highest BCUT2D eigenvalue weighted by Gasteiger charge is 2.51. The maximum absolute atomic E-state index is 13.0. The topological polar surface area (TPSA) is 70.1 Å². The van der Waals surface area contributed by atoms with Crippen molar-refractivity contribution in [3.05, 3.63) is 35.6 Å². The van der Waals surface area contributed by atoms with E-state index in [1.165, 1.54) is 12.1 Å². The molecule has 142 valence electrons. The smallest absolute Gasteiger partial charge is 0.308 e. The SMILES string of the molecule is CN(CC(=O)N1CC(C(=O)O)C2(CCOCC2)C1)Cc1ccc(F)cc1. The summed E-state index contributed by atoms with van der Waals surface area (Å²) in [5, 5.41) is 9.61. The molecule has 1 N–H and O–H groups in total. The van der Waals surface area contributed by atoms with Crippen LogP contribution >= 0.6 is 0 Å². The zero-order valence-corrected chi connectivity index (χ0v) is 15.0. The Labute approximate surface area is 152 Å². The number of benzene rings is 1. The quantitative estimate of drug-likeness (QED) is 0.859. The van der Waals surface area contributed by atoms with Crippen molar-refractivity contribution >= 4 is 11.9 Å². The van der Waals surface area contributed by atoms with Gasteiger partial charge in [0.2, 0.25) is 5.91 Å². The third-order valence-electron chi connectivity index (χ3n) is 5.56. The number of carbonyl (C=O) groups is 2. The molecule has 26 heavy (non-hydrogen) atoms. The van der Waals surface area contributed by atoms with E-state index in [1.807, 2.05) is 11.9 Å². The van der Waals surface area contributed by atoms with E-state index in [4.69, 9.17) is 4.74 Å². The van der Waals surface area contributed by atoms with Gasteiger partial charge in [-0.3, -0.25) is 14.5 Å². The fraction of sp³-hybridized carbons (Fsp3) is 0.579. The van der Waals surface area contributed by atoms with Crippen molar-refractivity contribution in [3.63, 3.8) is 0 Å². The van der Waals surface area contributed by atoms with Crippen LogP contribution in [-0.2, 0) is 20.9 Å². The number of likely N-dealkylation sites (N-methyl/N-ethyl adjacent to an activating group) is 1. The van der Waals surface area contributed by atoms with Crippen LogP contribution in [0.2, 0.25) is 0 Å². The molecule has 2 aliphatic heterocycles. The van der Waals surface area contributed by atoms with Gasteiger partial charge in [-0.25, -0.2) is 4.39 Å². The molecule has 0 aliphatic carbocycles. The van der Waals surface area contributed by atoms with Gasteiger partial charge < -0.3 is 14.7 Å². The minimum absolute atomic E-state index is 0.0655. The molecule has 0 aromatic heterocycles. The number of carboxylic acid groups (broad SMARTS) is 1. The lowest BCUT2D eigenvalue weighted by Crippen LogP contribution is -2.41. The first-order valence-corrected chi connectivity index (χ1v) is 8.91. The number of rotatable bonds is 5. The molecule has 0 bridgehead atoms. The summed E-state index contributed by atoms with van der Waals surface area (Å²) in [4.78, 5) is 28.0. The average Bonchev–Trinajstić information content (AvgIpc) is 2.97. The van der Waals surface area contributed by atoms with Crippen molar-refractivity contribution in [3.8, 4) is 0 Å². The molecule has 1 atom stereocenters. The summed E-state index contributed by atoms with van der Waals surface area (Å²) in [5.74, 6) is -1.71. The molecule has 0 saturated carbocycles. The lowest BCUT2D eigenvalue weighted by atomic mass is 9.72. The number of likely N-dealkylation sites (tertiary alicyclic amines) is 1. The summed E-state index contributed by atoms with van der Waals surface area (Å²) < 4.78 is 18.4. The summed E-state index contributed by atoms with van der Waals surface area (Å²) in [6.45, 7) is 2.58. The molecule has 2 heterocycles. The summed E-state index contributed by atoms with van der Waals surface area (Å²) >= 11 is 0. The van der Waals surface area contributed by atoms with Gasteiger partial charge in [0.05, 0.1) is 12.5 Å². The Hall–Kier alpha value is -1.99. The fourth-order valence-electron chi connectivity index (χ4n) is 4.07. The van der Waals surface area contributed by atoms with Crippen molar-refractivity contribution in [2.24, 2.45) is 11.3 Å². The Balaban J connectivity index is 1.60. The van der Waals surface area contributed by atoms with E-state index in [2.05, 4.69) is 0 Å². The van der Waals surface area contributed by atoms with E-state index in [-0.39, 0.29) is 30.2 Å². The number of halogens is 1. The van der Waals surface area contributed by atoms with E-state index in [1.54, 1.807) is 17.0 Å². The zero-order chi connectivity index (χ0) is 18.7. The van der Waals surface area contributed by atoms with Gasteiger partial charge in [-0.2, -0.15) is 0 Å². The minimum atomic E-state index is -0.832. The average molecular weight is 364 g/mol. The maximum atomic E-state index is 13.0. The molecular weight excluding hydrogens is 339 g/mol. The summed E-state index contributed by atoms with van der Waals surface area (Å²) in [6.07, 6.45) is 1.36. The van der Waals surface area contributed by atoms with Gasteiger partial charge in [-0.1, -0.05) is 12.1 Å². The van der Waals surface area contributed by atoms with E-state index in [0.29, 0.717) is 39.1 Å². The van der Waals surface area contributed by atoms with Gasteiger partial charge in [0, 0.05) is 38.3 Å². The van der Waals surface area contributed by atoms with Crippen molar-refractivity contribution in [2.75, 3.05) is 39.9 Å². The highest BCUT2D eigenvalue weighted by molar-refractivity contribution is 5.81. The van der Waals surface area contributed by atoms with Crippen LogP contribution in [-0.4, -0.2) is 66.7 Å². The van der Waals surface area contributed by atoms with Gasteiger partial charge in [-0.05, 0) is 37.6 Å². The number of hydrogen-bond donors (Lipinski definition) is 1. The van der Waals surface area contributed by atoms with Gasteiger partial charge in [0.15, 0.2) is 0 Å². The lowest BCUT2D eigenvalue weighted by molar-refractivity contribution is -0.146. The van der Waals surface area contributed by atoms with Crippen LogP contribution in [0.4, 0.5) is 4.39 Å². The molecule has 1 aromatic rings. The number of amides is 1. The molecule has 7 heteroatoms. The van der Waals surface area contributed by atoms with Crippen molar-refractivity contribution in [2.45, 2.75) is 19.4 Å². The maximum Gasteiger partial charge on any atom is 0.308 e. The van der Waals surface area contributed by atoms with Crippen molar-refractivity contribution in [1.82, 2.24) is 9.80 Å².